The maximum atomic E-state index is 12.6. The monoisotopic (exact) mass is 352 g/mol. The van der Waals surface area contributed by atoms with Gasteiger partial charge in [-0.15, -0.1) is 11.3 Å². The number of nitrogen functional groups attached to an aromatic ring is 1. The second-order valence-corrected chi connectivity index (χ2v) is 9.63. The maximum absolute atomic E-state index is 12.6. The van der Waals surface area contributed by atoms with Gasteiger partial charge in [-0.05, 0) is 51.1 Å². The Kier molecular flexibility index (Phi) is 3.90. The zero-order valence-electron chi connectivity index (χ0n) is 13.3. The van der Waals surface area contributed by atoms with Gasteiger partial charge < -0.3 is 10.5 Å². The fraction of sp³-hybridized carbons (Fsp3) is 0.375. The molecule has 0 amide bonds. The van der Waals surface area contributed by atoms with Crippen LogP contribution < -0.4 is 15.2 Å². The number of hydrogen-bond acceptors (Lipinski definition) is 5. The lowest BCUT2D eigenvalue weighted by molar-refractivity contribution is 0.0702. The molecule has 2 aromatic rings. The maximum Gasteiger partial charge on any atom is 0.250 e. The number of fused-ring (bicyclic) bond motifs is 1. The lowest BCUT2D eigenvalue weighted by Gasteiger charge is -2.37. The third-order valence-corrected chi connectivity index (χ3v) is 6.73. The molecule has 1 aliphatic heterocycles. The molecule has 7 heteroatoms. The first kappa shape index (κ1) is 16.3. The quantitative estimate of drug-likeness (QED) is 0.831. The van der Waals surface area contributed by atoms with Gasteiger partial charge in [-0.25, -0.2) is 13.1 Å². The van der Waals surface area contributed by atoms with Crippen LogP contribution in [0.3, 0.4) is 0 Å². The van der Waals surface area contributed by atoms with E-state index < -0.39 is 15.6 Å². The Morgan fingerprint density at radius 2 is 2.04 bits per heavy atom. The minimum absolute atomic E-state index is 0.324. The second-order valence-electron chi connectivity index (χ2n) is 6.40. The highest BCUT2D eigenvalue weighted by molar-refractivity contribution is 7.91. The smallest absolute Gasteiger partial charge is 0.250 e. The predicted octanol–water partition coefficient (Wildman–Crippen LogP) is 3.22. The van der Waals surface area contributed by atoms with Gasteiger partial charge in [0.2, 0.25) is 0 Å². The number of anilines is 1. The molecule has 23 heavy (non-hydrogen) atoms. The van der Waals surface area contributed by atoms with Gasteiger partial charge in [0, 0.05) is 22.5 Å². The standard InChI is InChI=1S/C16H20N2O3S2/c1-10-4-7-15(22-10)23(19,20)18-13-9-16(2,3)21-14-6-5-11(17)8-12(13)14/h4-8,13,18H,9,17H2,1-3H3. The molecule has 0 saturated carbocycles. The van der Waals surface area contributed by atoms with E-state index in [1.54, 1.807) is 30.3 Å². The van der Waals surface area contributed by atoms with Gasteiger partial charge in [0.15, 0.2) is 0 Å². The Balaban J connectivity index is 1.98. The first-order valence-corrected chi connectivity index (χ1v) is 9.63. The molecule has 0 saturated heterocycles. The molecule has 5 nitrogen and oxygen atoms in total. The highest BCUT2D eigenvalue weighted by Crippen LogP contribution is 2.41. The van der Waals surface area contributed by atoms with E-state index in [9.17, 15) is 8.42 Å². The van der Waals surface area contributed by atoms with E-state index in [0.717, 1.165) is 10.4 Å². The van der Waals surface area contributed by atoms with Crippen molar-refractivity contribution in [3.05, 3.63) is 40.8 Å². The van der Waals surface area contributed by atoms with Gasteiger partial charge >= 0.3 is 0 Å². The molecule has 3 N–H and O–H groups in total. The summed E-state index contributed by atoms with van der Waals surface area (Å²) in [5.41, 5.74) is 6.77. The summed E-state index contributed by atoms with van der Waals surface area (Å²) in [4.78, 5) is 0.960. The zero-order chi connectivity index (χ0) is 16.8. The number of ether oxygens (including phenoxy) is 1. The molecule has 124 valence electrons. The molecule has 1 atom stereocenters. The van der Waals surface area contributed by atoms with Crippen molar-refractivity contribution in [2.75, 3.05) is 5.73 Å². The van der Waals surface area contributed by atoms with Crippen LogP contribution >= 0.6 is 11.3 Å². The summed E-state index contributed by atoms with van der Waals surface area (Å²) < 4.78 is 34.4. The predicted molar refractivity (Wildman–Crippen MR) is 92.3 cm³/mol. The molecule has 0 spiro atoms. The third kappa shape index (κ3) is 3.36. The number of aryl methyl sites for hydroxylation is 1. The van der Waals surface area contributed by atoms with Crippen molar-refractivity contribution >= 4 is 27.0 Å². The van der Waals surface area contributed by atoms with Crippen molar-refractivity contribution in [1.29, 1.82) is 0 Å². The Hall–Kier alpha value is -1.57. The topological polar surface area (TPSA) is 81.4 Å². The summed E-state index contributed by atoms with van der Waals surface area (Å²) in [5, 5.41) is 0. The minimum Gasteiger partial charge on any atom is -0.487 e. The minimum atomic E-state index is -3.57. The largest absolute Gasteiger partial charge is 0.487 e. The number of benzene rings is 1. The summed E-state index contributed by atoms with van der Waals surface area (Å²) in [6.07, 6.45) is 0.535. The molecule has 3 rings (SSSR count). The van der Waals surface area contributed by atoms with Crippen molar-refractivity contribution in [1.82, 2.24) is 4.72 Å². The van der Waals surface area contributed by atoms with E-state index in [0.29, 0.717) is 22.1 Å². The van der Waals surface area contributed by atoms with E-state index in [1.165, 1.54) is 11.3 Å². The second kappa shape index (κ2) is 5.51. The van der Waals surface area contributed by atoms with Gasteiger partial charge in [0.1, 0.15) is 15.6 Å². The van der Waals surface area contributed by atoms with E-state index in [1.807, 2.05) is 20.8 Å². The van der Waals surface area contributed by atoms with Gasteiger partial charge in [0.05, 0.1) is 6.04 Å². The molecule has 0 radical (unpaired) electrons. The van der Waals surface area contributed by atoms with Crippen LogP contribution in [0.5, 0.6) is 5.75 Å². The summed E-state index contributed by atoms with van der Waals surface area (Å²) in [5.74, 6) is 0.672. The molecule has 1 aromatic heterocycles. The molecule has 0 bridgehead atoms. The number of rotatable bonds is 3. The number of hydrogen-bond donors (Lipinski definition) is 2. The number of thiophene rings is 1. The SMILES string of the molecule is Cc1ccc(S(=O)(=O)NC2CC(C)(C)Oc3ccc(N)cc32)s1. The fourth-order valence-electron chi connectivity index (χ4n) is 2.78. The molecule has 0 aliphatic carbocycles. The van der Waals surface area contributed by atoms with Crippen LogP contribution in [-0.2, 0) is 10.0 Å². The average molecular weight is 352 g/mol. The van der Waals surface area contributed by atoms with Gasteiger partial charge in [-0.1, -0.05) is 0 Å². The van der Waals surface area contributed by atoms with Gasteiger partial charge in [0.25, 0.3) is 10.0 Å². The van der Waals surface area contributed by atoms with Crippen molar-refractivity contribution in [2.45, 2.75) is 43.0 Å². The van der Waals surface area contributed by atoms with E-state index >= 15 is 0 Å². The number of nitrogens with one attached hydrogen (secondary N) is 1. The molecule has 1 unspecified atom stereocenters. The van der Waals surface area contributed by atoms with Crippen molar-refractivity contribution in [2.24, 2.45) is 0 Å². The first-order chi connectivity index (χ1) is 10.7. The van der Waals surface area contributed by atoms with Gasteiger partial charge in [-0.2, -0.15) is 0 Å². The fourth-order valence-corrected chi connectivity index (χ4v) is 5.30. The van der Waals surface area contributed by atoms with Crippen molar-refractivity contribution in [3.8, 4) is 5.75 Å². The van der Waals surface area contributed by atoms with Crippen LogP contribution in [-0.4, -0.2) is 14.0 Å². The summed E-state index contributed by atoms with van der Waals surface area (Å²) >= 11 is 1.26. The van der Waals surface area contributed by atoms with Crippen LogP contribution in [0.25, 0.3) is 0 Å². The third-order valence-electron chi connectivity index (χ3n) is 3.77. The van der Waals surface area contributed by atoms with Crippen LogP contribution in [0.15, 0.2) is 34.5 Å². The summed E-state index contributed by atoms with van der Waals surface area (Å²) in [7, 11) is -3.57. The van der Waals surface area contributed by atoms with Crippen LogP contribution in [0.1, 0.15) is 36.8 Å². The van der Waals surface area contributed by atoms with Crippen LogP contribution in [0.4, 0.5) is 5.69 Å². The molecular formula is C16H20N2O3S2. The lowest BCUT2D eigenvalue weighted by atomic mass is 9.90. The average Bonchev–Trinajstić information content (AvgIpc) is 2.86. The van der Waals surface area contributed by atoms with Crippen molar-refractivity contribution in [3.63, 3.8) is 0 Å². The van der Waals surface area contributed by atoms with E-state index in [4.69, 9.17) is 10.5 Å². The highest BCUT2D eigenvalue weighted by atomic mass is 32.2. The Morgan fingerprint density at radius 1 is 1.30 bits per heavy atom. The first-order valence-electron chi connectivity index (χ1n) is 7.33. The number of sulfonamides is 1. The molecule has 1 aliphatic rings. The van der Waals surface area contributed by atoms with Crippen LogP contribution in [0, 0.1) is 6.92 Å². The Labute approximate surface area is 140 Å². The highest BCUT2D eigenvalue weighted by Gasteiger charge is 2.36. The lowest BCUT2D eigenvalue weighted by Crippen LogP contribution is -2.41. The molecule has 1 aromatic carbocycles. The molecular weight excluding hydrogens is 332 g/mol. The molecule has 2 heterocycles. The van der Waals surface area contributed by atoms with E-state index in [-0.39, 0.29) is 6.04 Å². The van der Waals surface area contributed by atoms with Crippen molar-refractivity contribution < 1.29 is 13.2 Å². The normalized spacial score (nSPS) is 19.9. The summed E-state index contributed by atoms with van der Waals surface area (Å²) in [6, 6.07) is 8.39. The zero-order valence-corrected chi connectivity index (χ0v) is 14.9. The van der Waals surface area contributed by atoms with E-state index in [2.05, 4.69) is 4.72 Å². The van der Waals surface area contributed by atoms with Crippen LogP contribution in [0.2, 0.25) is 0 Å². The van der Waals surface area contributed by atoms with Gasteiger partial charge in [-0.3, -0.25) is 0 Å². The molecule has 0 fully saturated rings. The number of nitrogens with two attached hydrogens (primary N) is 1. The Morgan fingerprint density at radius 3 is 2.70 bits per heavy atom. The Bertz CT molecular complexity index is 841. The summed E-state index contributed by atoms with van der Waals surface area (Å²) in [6.45, 7) is 5.78.